The Hall–Kier alpha value is -2.57. The molecule has 0 aliphatic carbocycles. The fourth-order valence-electron chi connectivity index (χ4n) is 4.28. The number of nitrogens with zero attached hydrogens (tertiary/aromatic N) is 2. The zero-order valence-corrected chi connectivity index (χ0v) is 17.3. The van der Waals surface area contributed by atoms with Gasteiger partial charge in [-0.25, -0.2) is 4.79 Å². The van der Waals surface area contributed by atoms with E-state index in [1.807, 2.05) is 24.3 Å². The van der Waals surface area contributed by atoms with Crippen molar-refractivity contribution in [2.24, 2.45) is 0 Å². The highest BCUT2D eigenvalue weighted by Crippen LogP contribution is 2.42. The number of hydrogen-bond donors (Lipinski definition) is 1. The number of carbonyl (C=O) groups is 1. The van der Waals surface area contributed by atoms with Crippen LogP contribution in [-0.2, 0) is 11.3 Å². The molecule has 1 N–H and O–H groups in total. The Bertz CT molecular complexity index is 1050. The predicted molar refractivity (Wildman–Crippen MR) is 113 cm³/mol. The van der Waals surface area contributed by atoms with Crippen LogP contribution in [0.5, 0.6) is 5.75 Å². The Kier molecular flexibility index (Phi) is 5.48. The second-order valence-electron chi connectivity index (χ2n) is 7.54. The van der Waals surface area contributed by atoms with Gasteiger partial charge in [0.1, 0.15) is 22.7 Å². The number of aromatic hydroxyl groups is 1. The van der Waals surface area contributed by atoms with Crippen molar-refractivity contribution in [3.63, 3.8) is 0 Å². The number of rotatable bonds is 5. The normalized spacial score (nSPS) is 16.0. The number of aryl methyl sites for hydroxylation is 1. The van der Waals surface area contributed by atoms with Crippen LogP contribution in [0.1, 0.15) is 35.5 Å². The van der Waals surface area contributed by atoms with Crippen molar-refractivity contribution >= 4 is 27.7 Å². The van der Waals surface area contributed by atoms with E-state index in [4.69, 9.17) is 9.15 Å². The molecule has 0 amide bonds. The van der Waals surface area contributed by atoms with E-state index >= 15 is 0 Å². The van der Waals surface area contributed by atoms with Crippen molar-refractivity contribution in [1.29, 1.82) is 0 Å². The van der Waals surface area contributed by atoms with Crippen LogP contribution in [0.25, 0.3) is 21.7 Å². The Morgan fingerprint density at radius 1 is 1.10 bits per heavy atom. The minimum absolute atomic E-state index is 0.220. The van der Waals surface area contributed by atoms with Crippen LogP contribution in [0.15, 0.2) is 28.7 Å². The minimum atomic E-state index is -0.407. The molecule has 1 aliphatic heterocycles. The smallest absolute Gasteiger partial charge is 0.342 e. The maximum atomic E-state index is 12.7. The third kappa shape index (κ3) is 3.47. The maximum Gasteiger partial charge on any atom is 0.342 e. The van der Waals surface area contributed by atoms with Gasteiger partial charge in [0.05, 0.1) is 6.61 Å². The van der Waals surface area contributed by atoms with Crippen molar-refractivity contribution in [2.45, 2.75) is 27.3 Å². The molecule has 4 rings (SSSR count). The number of hydrogen-bond acceptors (Lipinski definition) is 6. The molecule has 6 heteroatoms. The third-order valence-corrected chi connectivity index (χ3v) is 5.87. The minimum Gasteiger partial charge on any atom is -0.507 e. The number of fused-ring (bicyclic) bond motifs is 3. The largest absolute Gasteiger partial charge is 0.507 e. The summed E-state index contributed by atoms with van der Waals surface area (Å²) in [5, 5.41) is 13.4. The van der Waals surface area contributed by atoms with Crippen LogP contribution in [0.3, 0.4) is 0 Å². The first-order chi connectivity index (χ1) is 14.0. The monoisotopic (exact) mass is 396 g/mol. The van der Waals surface area contributed by atoms with E-state index in [0.29, 0.717) is 35.4 Å². The number of furan rings is 1. The van der Waals surface area contributed by atoms with E-state index in [1.165, 1.54) is 0 Å². The summed E-state index contributed by atoms with van der Waals surface area (Å²) in [6.45, 7) is 11.5. The summed E-state index contributed by atoms with van der Waals surface area (Å²) < 4.78 is 11.4. The quantitative estimate of drug-likeness (QED) is 0.660. The molecular weight excluding hydrogens is 368 g/mol. The summed E-state index contributed by atoms with van der Waals surface area (Å²) in [4.78, 5) is 17.5. The number of carbonyl (C=O) groups excluding carboxylic acids is 1. The highest BCUT2D eigenvalue weighted by Gasteiger charge is 2.28. The molecule has 1 fully saturated rings. The molecule has 0 spiro atoms. The van der Waals surface area contributed by atoms with Crippen LogP contribution in [0.4, 0.5) is 0 Å². The van der Waals surface area contributed by atoms with Crippen molar-refractivity contribution in [1.82, 2.24) is 9.80 Å². The number of piperazine rings is 1. The molecule has 1 aliphatic rings. The average molecular weight is 396 g/mol. The Labute approximate surface area is 170 Å². The molecule has 29 heavy (non-hydrogen) atoms. The van der Waals surface area contributed by atoms with Crippen molar-refractivity contribution in [3.05, 3.63) is 41.2 Å². The summed E-state index contributed by atoms with van der Waals surface area (Å²) in [6, 6.07) is 7.62. The van der Waals surface area contributed by atoms with Gasteiger partial charge in [0.15, 0.2) is 0 Å². The van der Waals surface area contributed by atoms with Gasteiger partial charge in [0.25, 0.3) is 0 Å². The highest BCUT2D eigenvalue weighted by molar-refractivity contribution is 6.16. The number of benzene rings is 2. The molecule has 1 aromatic heterocycles. The first-order valence-electron chi connectivity index (χ1n) is 10.3. The van der Waals surface area contributed by atoms with E-state index < -0.39 is 5.97 Å². The number of phenols is 1. The number of phenolic OH excluding ortho intramolecular Hbond substituents is 1. The molecule has 0 bridgehead atoms. The van der Waals surface area contributed by atoms with Crippen molar-refractivity contribution in [3.8, 4) is 5.75 Å². The van der Waals surface area contributed by atoms with Crippen LogP contribution in [0.2, 0.25) is 0 Å². The average Bonchev–Trinajstić information content (AvgIpc) is 3.09. The van der Waals surface area contributed by atoms with Gasteiger partial charge in [0.2, 0.25) is 0 Å². The molecule has 0 radical (unpaired) electrons. The van der Waals surface area contributed by atoms with E-state index in [0.717, 1.165) is 49.1 Å². The molecule has 2 heterocycles. The van der Waals surface area contributed by atoms with E-state index in [1.54, 1.807) is 13.8 Å². The zero-order valence-electron chi connectivity index (χ0n) is 17.3. The van der Waals surface area contributed by atoms with E-state index in [2.05, 4.69) is 16.7 Å². The van der Waals surface area contributed by atoms with Gasteiger partial charge < -0.3 is 19.2 Å². The topological polar surface area (TPSA) is 66.2 Å². The molecule has 6 nitrogen and oxygen atoms in total. The molecule has 3 aromatic rings. The zero-order chi connectivity index (χ0) is 20.5. The van der Waals surface area contributed by atoms with E-state index in [-0.39, 0.29) is 5.75 Å². The number of esters is 1. The molecule has 2 aromatic carbocycles. The lowest BCUT2D eigenvalue weighted by molar-refractivity contribution is 0.0526. The summed E-state index contributed by atoms with van der Waals surface area (Å²) in [6.07, 6.45) is 0. The summed E-state index contributed by atoms with van der Waals surface area (Å²) in [7, 11) is 0. The van der Waals surface area contributed by atoms with Gasteiger partial charge in [-0.3, -0.25) is 4.90 Å². The number of ether oxygens (including phenoxy) is 1. The lowest BCUT2D eigenvalue weighted by Gasteiger charge is -2.34. The van der Waals surface area contributed by atoms with Gasteiger partial charge in [-0.1, -0.05) is 31.2 Å². The Morgan fingerprint density at radius 2 is 1.76 bits per heavy atom. The summed E-state index contributed by atoms with van der Waals surface area (Å²) in [5.74, 6) is 0.333. The maximum absolute atomic E-state index is 12.7. The Balaban J connectivity index is 1.88. The van der Waals surface area contributed by atoms with Gasteiger partial charge >= 0.3 is 5.97 Å². The Morgan fingerprint density at radius 3 is 2.41 bits per heavy atom. The summed E-state index contributed by atoms with van der Waals surface area (Å²) >= 11 is 0. The molecular formula is C23H28N2O4. The van der Waals surface area contributed by atoms with Crippen molar-refractivity contribution < 1.29 is 19.1 Å². The molecule has 1 saturated heterocycles. The number of likely N-dealkylation sites (N-methyl/N-ethyl adjacent to an activating group) is 1. The molecule has 0 atom stereocenters. The van der Waals surface area contributed by atoms with Gasteiger partial charge in [0, 0.05) is 54.4 Å². The van der Waals surface area contributed by atoms with Crippen LogP contribution < -0.4 is 0 Å². The van der Waals surface area contributed by atoms with Gasteiger partial charge in [-0.2, -0.15) is 0 Å². The highest BCUT2D eigenvalue weighted by atomic mass is 16.5. The fourth-order valence-corrected chi connectivity index (χ4v) is 4.28. The van der Waals surface area contributed by atoms with Crippen LogP contribution >= 0.6 is 0 Å². The predicted octanol–water partition coefficient (Wildman–Crippen LogP) is 3.91. The standard InChI is InChI=1S/C23H28N2O4/c1-4-24-10-12-25(13-11-24)14-18-20-19(23(27)28-5-2)15(3)29-22(20)17-9-7-6-8-16(17)21(18)26/h6-9,26H,4-5,10-14H2,1-3H3. The molecule has 0 unspecified atom stereocenters. The van der Waals surface area contributed by atoms with Crippen LogP contribution in [-0.4, -0.2) is 60.2 Å². The summed E-state index contributed by atoms with van der Waals surface area (Å²) in [5.41, 5.74) is 1.80. The lowest BCUT2D eigenvalue weighted by atomic mass is 9.97. The van der Waals surface area contributed by atoms with Gasteiger partial charge in [-0.05, 0) is 20.4 Å². The third-order valence-electron chi connectivity index (χ3n) is 5.87. The molecule has 154 valence electrons. The van der Waals surface area contributed by atoms with Gasteiger partial charge in [-0.15, -0.1) is 0 Å². The second kappa shape index (κ2) is 8.05. The molecule has 0 saturated carbocycles. The first-order valence-corrected chi connectivity index (χ1v) is 10.3. The van der Waals surface area contributed by atoms with Crippen LogP contribution in [0, 0.1) is 6.92 Å². The fraction of sp³-hybridized carbons (Fsp3) is 0.435. The second-order valence-corrected chi connectivity index (χ2v) is 7.54. The lowest BCUT2D eigenvalue weighted by Crippen LogP contribution is -2.45. The van der Waals surface area contributed by atoms with E-state index in [9.17, 15) is 9.90 Å². The van der Waals surface area contributed by atoms with Crippen molar-refractivity contribution in [2.75, 3.05) is 39.3 Å². The first kappa shape index (κ1) is 19.7. The SMILES string of the molecule is CCOC(=O)c1c(C)oc2c1c(CN1CCN(CC)CC1)c(O)c1ccccc12.